The first kappa shape index (κ1) is 9.28. The van der Waals surface area contributed by atoms with Crippen LogP contribution < -0.4 is 9.64 Å². The summed E-state index contributed by atoms with van der Waals surface area (Å²) in [6, 6.07) is 16.6. The van der Waals surface area contributed by atoms with Crippen LogP contribution in [0.4, 0.5) is 11.4 Å². The second-order valence-corrected chi connectivity index (χ2v) is 4.01. The Morgan fingerprint density at radius 3 is 2.69 bits per heavy atom. The number of hydrogen-bond acceptors (Lipinski definition) is 2. The fraction of sp³-hybridized carbons (Fsp3) is 0.143. The molecule has 0 radical (unpaired) electrons. The number of ether oxygens (including phenoxy) is 1. The molecule has 0 amide bonds. The zero-order valence-corrected chi connectivity index (χ0v) is 9.18. The van der Waals surface area contributed by atoms with E-state index in [4.69, 9.17) is 4.74 Å². The number of nitrogens with zero attached hydrogens (tertiary/aromatic N) is 1. The van der Waals surface area contributed by atoms with E-state index in [0.29, 0.717) is 6.73 Å². The van der Waals surface area contributed by atoms with Crippen molar-refractivity contribution in [2.24, 2.45) is 0 Å². The molecule has 0 spiro atoms. The Bertz CT molecular complexity index is 507. The lowest BCUT2D eigenvalue weighted by Gasteiger charge is -2.16. The van der Waals surface area contributed by atoms with E-state index in [2.05, 4.69) is 36.1 Å². The number of benzene rings is 2. The summed E-state index contributed by atoms with van der Waals surface area (Å²) in [6.07, 6.45) is 0. The second-order valence-electron chi connectivity index (χ2n) is 4.01. The van der Waals surface area contributed by atoms with Gasteiger partial charge < -0.3 is 9.64 Å². The number of hydrogen-bond donors (Lipinski definition) is 0. The van der Waals surface area contributed by atoms with Crippen LogP contribution in [0.15, 0.2) is 48.5 Å². The first-order chi connectivity index (χ1) is 7.84. The van der Waals surface area contributed by atoms with E-state index in [1.807, 2.05) is 24.3 Å². The van der Waals surface area contributed by atoms with Gasteiger partial charge in [-0.2, -0.15) is 0 Å². The van der Waals surface area contributed by atoms with Crippen LogP contribution in [0.2, 0.25) is 0 Å². The SMILES string of the molecule is Cc1ccc2c(c1)N(c1ccccc1)CO2. The van der Waals surface area contributed by atoms with Gasteiger partial charge in [0.1, 0.15) is 5.75 Å². The molecule has 2 nitrogen and oxygen atoms in total. The summed E-state index contributed by atoms with van der Waals surface area (Å²) in [4.78, 5) is 2.18. The molecule has 16 heavy (non-hydrogen) atoms. The van der Waals surface area contributed by atoms with Crippen LogP contribution in [0.1, 0.15) is 5.56 Å². The van der Waals surface area contributed by atoms with Crippen LogP contribution in [0, 0.1) is 6.92 Å². The first-order valence-electron chi connectivity index (χ1n) is 5.40. The highest BCUT2D eigenvalue weighted by atomic mass is 16.5. The Morgan fingerprint density at radius 1 is 1.06 bits per heavy atom. The summed E-state index contributed by atoms with van der Waals surface area (Å²) in [5.74, 6) is 0.967. The lowest BCUT2D eigenvalue weighted by Crippen LogP contribution is -2.15. The highest BCUT2D eigenvalue weighted by Gasteiger charge is 2.21. The normalized spacial score (nSPS) is 13.4. The summed E-state index contributed by atoms with van der Waals surface area (Å²) in [5.41, 5.74) is 3.59. The van der Waals surface area contributed by atoms with Gasteiger partial charge in [-0.15, -0.1) is 0 Å². The molecule has 3 rings (SSSR count). The minimum absolute atomic E-state index is 0.600. The molecule has 1 aliphatic heterocycles. The zero-order valence-electron chi connectivity index (χ0n) is 9.18. The van der Waals surface area contributed by atoms with Gasteiger partial charge in [0.15, 0.2) is 6.73 Å². The molecule has 0 saturated carbocycles. The van der Waals surface area contributed by atoms with Crippen LogP contribution in [0.3, 0.4) is 0 Å². The van der Waals surface area contributed by atoms with E-state index in [1.54, 1.807) is 0 Å². The Kier molecular flexibility index (Phi) is 2.07. The smallest absolute Gasteiger partial charge is 0.165 e. The van der Waals surface area contributed by atoms with E-state index in [-0.39, 0.29) is 0 Å². The average Bonchev–Trinajstić information content (AvgIpc) is 2.73. The summed E-state index contributed by atoms with van der Waals surface area (Å²) >= 11 is 0. The Balaban J connectivity index is 2.06. The Hall–Kier alpha value is -1.96. The number of rotatable bonds is 1. The minimum atomic E-state index is 0.600. The highest BCUT2D eigenvalue weighted by molar-refractivity contribution is 5.72. The van der Waals surface area contributed by atoms with Gasteiger partial charge in [-0.25, -0.2) is 0 Å². The molecule has 2 heteroatoms. The van der Waals surface area contributed by atoms with Gasteiger partial charge in [-0.1, -0.05) is 24.3 Å². The van der Waals surface area contributed by atoms with E-state index in [0.717, 1.165) is 11.4 Å². The highest BCUT2D eigenvalue weighted by Crippen LogP contribution is 2.38. The van der Waals surface area contributed by atoms with Crippen LogP contribution in [-0.2, 0) is 0 Å². The standard InChI is InChI=1S/C14H13NO/c1-11-7-8-14-13(9-11)15(10-16-14)12-5-3-2-4-6-12/h2-9H,10H2,1H3. The molecule has 0 unspecified atom stereocenters. The van der Waals surface area contributed by atoms with Crippen LogP contribution in [-0.4, -0.2) is 6.73 Å². The molecule has 0 atom stereocenters. The Morgan fingerprint density at radius 2 is 1.88 bits per heavy atom. The summed E-state index contributed by atoms with van der Waals surface area (Å²) in [5, 5.41) is 0. The van der Waals surface area contributed by atoms with Gasteiger partial charge in [0.2, 0.25) is 0 Å². The topological polar surface area (TPSA) is 12.5 Å². The predicted octanol–water partition coefficient (Wildman–Crippen LogP) is 3.48. The maximum atomic E-state index is 5.65. The molecule has 2 aromatic carbocycles. The molecule has 1 aliphatic rings. The van der Waals surface area contributed by atoms with Crippen LogP contribution in [0.5, 0.6) is 5.75 Å². The van der Waals surface area contributed by atoms with Gasteiger partial charge in [0.05, 0.1) is 5.69 Å². The van der Waals surface area contributed by atoms with Gasteiger partial charge in [0, 0.05) is 5.69 Å². The van der Waals surface area contributed by atoms with Gasteiger partial charge >= 0.3 is 0 Å². The second kappa shape index (κ2) is 3.56. The molecule has 0 N–H and O–H groups in total. The third kappa shape index (κ3) is 1.43. The van der Waals surface area contributed by atoms with Crippen molar-refractivity contribution < 1.29 is 4.74 Å². The quantitative estimate of drug-likeness (QED) is 0.716. The number of aryl methyl sites for hydroxylation is 1. The molecule has 80 valence electrons. The third-order valence-electron chi connectivity index (χ3n) is 2.82. The average molecular weight is 211 g/mol. The lowest BCUT2D eigenvalue weighted by atomic mass is 10.2. The van der Waals surface area contributed by atoms with Crippen molar-refractivity contribution in [3.8, 4) is 5.75 Å². The van der Waals surface area contributed by atoms with E-state index < -0.39 is 0 Å². The third-order valence-corrected chi connectivity index (χ3v) is 2.82. The largest absolute Gasteiger partial charge is 0.471 e. The van der Waals surface area contributed by atoms with Crippen molar-refractivity contribution >= 4 is 11.4 Å². The first-order valence-corrected chi connectivity index (χ1v) is 5.40. The predicted molar refractivity (Wildman–Crippen MR) is 65.3 cm³/mol. The van der Waals surface area contributed by atoms with E-state index in [9.17, 15) is 0 Å². The van der Waals surface area contributed by atoms with Crippen molar-refractivity contribution in [3.05, 3.63) is 54.1 Å². The molecule has 0 aliphatic carbocycles. The van der Waals surface area contributed by atoms with E-state index >= 15 is 0 Å². The molecule has 0 bridgehead atoms. The minimum Gasteiger partial charge on any atom is -0.471 e. The summed E-state index contributed by atoms with van der Waals surface area (Å²) < 4.78 is 5.65. The molecule has 0 saturated heterocycles. The fourth-order valence-electron chi connectivity index (χ4n) is 1.99. The molecular weight excluding hydrogens is 198 g/mol. The maximum absolute atomic E-state index is 5.65. The van der Waals surface area contributed by atoms with Crippen molar-refractivity contribution in [1.29, 1.82) is 0 Å². The summed E-state index contributed by atoms with van der Waals surface area (Å²) in [6.45, 7) is 2.70. The van der Waals surface area contributed by atoms with Gasteiger partial charge in [0.25, 0.3) is 0 Å². The summed E-state index contributed by atoms with van der Waals surface area (Å²) in [7, 11) is 0. The zero-order chi connectivity index (χ0) is 11.0. The number of anilines is 2. The molecule has 0 fully saturated rings. The van der Waals surface area contributed by atoms with Crippen LogP contribution in [0.25, 0.3) is 0 Å². The van der Waals surface area contributed by atoms with Gasteiger partial charge in [-0.3, -0.25) is 0 Å². The Labute approximate surface area is 95.1 Å². The van der Waals surface area contributed by atoms with E-state index in [1.165, 1.54) is 11.3 Å². The van der Waals surface area contributed by atoms with Crippen molar-refractivity contribution in [2.75, 3.05) is 11.6 Å². The lowest BCUT2D eigenvalue weighted by molar-refractivity contribution is 0.357. The molecular formula is C14H13NO. The maximum Gasteiger partial charge on any atom is 0.165 e. The fourth-order valence-corrected chi connectivity index (χ4v) is 1.99. The monoisotopic (exact) mass is 211 g/mol. The van der Waals surface area contributed by atoms with Gasteiger partial charge in [-0.05, 0) is 36.8 Å². The number of para-hydroxylation sites is 1. The van der Waals surface area contributed by atoms with Crippen molar-refractivity contribution in [1.82, 2.24) is 0 Å². The molecule has 0 aromatic heterocycles. The van der Waals surface area contributed by atoms with Crippen molar-refractivity contribution in [2.45, 2.75) is 6.92 Å². The number of fused-ring (bicyclic) bond motifs is 1. The molecule has 1 heterocycles. The van der Waals surface area contributed by atoms with Crippen molar-refractivity contribution in [3.63, 3.8) is 0 Å². The van der Waals surface area contributed by atoms with Crippen LogP contribution >= 0.6 is 0 Å². The molecule has 2 aromatic rings.